The average Bonchev–Trinajstić information content (AvgIpc) is 2.33. The van der Waals surface area contributed by atoms with Gasteiger partial charge in [-0.1, -0.05) is 24.1 Å². The number of benzene rings is 1. The first-order valence-electron chi connectivity index (χ1n) is 6.31. The quantitative estimate of drug-likeness (QED) is 0.880. The smallest absolute Gasteiger partial charge is 0.138 e. The minimum atomic E-state index is -0.490. The topological polar surface area (TPSA) is 29.5 Å². The van der Waals surface area contributed by atoms with Gasteiger partial charge in [-0.2, -0.15) is 0 Å². The summed E-state index contributed by atoms with van der Waals surface area (Å²) >= 11 is 6.16. The Hall–Kier alpha value is -0.730. The lowest BCUT2D eigenvalue weighted by atomic mass is 9.98. The SMILES string of the molecule is CC(O)c1ccc(OC2CCCCC2)c(Cl)c1. The molecule has 0 aromatic heterocycles. The lowest BCUT2D eigenvalue weighted by Gasteiger charge is -2.23. The van der Waals surface area contributed by atoms with Crippen molar-refractivity contribution in [2.24, 2.45) is 0 Å². The molecule has 0 aliphatic heterocycles. The molecule has 0 saturated heterocycles. The molecular weight excluding hydrogens is 236 g/mol. The van der Waals surface area contributed by atoms with Gasteiger partial charge in [0.1, 0.15) is 5.75 Å². The van der Waals surface area contributed by atoms with E-state index < -0.39 is 6.10 Å². The predicted molar refractivity (Wildman–Crippen MR) is 69.6 cm³/mol. The van der Waals surface area contributed by atoms with E-state index >= 15 is 0 Å². The molecule has 94 valence electrons. The van der Waals surface area contributed by atoms with Crippen LogP contribution in [-0.4, -0.2) is 11.2 Å². The molecular formula is C14H19ClO2. The zero-order valence-electron chi connectivity index (χ0n) is 10.2. The van der Waals surface area contributed by atoms with Crippen molar-refractivity contribution < 1.29 is 9.84 Å². The number of hydrogen-bond acceptors (Lipinski definition) is 2. The molecule has 2 nitrogen and oxygen atoms in total. The van der Waals surface area contributed by atoms with Gasteiger partial charge in [-0.05, 0) is 50.3 Å². The Bertz CT molecular complexity index is 370. The first-order chi connectivity index (χ1) is 8.16. The van der Waals surface area contributed by atoms with E-state index in [0.717, 1.165) is 24.2 Å². The van der Waals surface area contributed by atoms with Crippen LogP contribution in [0.4, 0.5) is 0 Å². The van der Waals surface area contributed by atoms with Gasteiger partial charge in [0.05, 0.1) is 17.2 Å². The largest absolute Gasteiger partial charge is 0.489 e. The van der Waals surface area contributed by atoms with Gasteiger partial charge < -0.3 is 9.84 Å². The van der Waals surface area contributed by atoms with Crippen LogP contribution >= 0.6 is 11.6 Å². The molecule has 0 heterocycles. The second-order valence-electron chi connectivity index (χ2n) is 4.74. The van der Waals surface area contributed by atoms with Gasteiger partial charge in [0.2, 0.25) is 0 Å². The lowest BCUT2D eigenvalue weighted by molar-refractivity contribution is 0.155. The molecule has 2 rings (SSSR count). The third-order valence-corrected chi connectivity index (χ3v) is 3.58. The summed E-state index contributed by atoms with van der Waals surface area (Å²) in [6, 6.07) is 5.51. The molecule has 3 heteroatoms. The molecule has 1 N–H and O–H groups in total. The molecule has 0 spiro atoms. The Kier molecular flexibility index (Phi) is 4.30. The molecule has 1 aliphatic carbocycles. The summed E-state index contributed by atoms with van der Waals surface area (Å²) in [6.07, 6.45) is 5.86. The highest BCUT2D eigenvalue weighted by Gasteiger charge is 2.16. The summed E-state index contributed by atoms with van der Waals surface area (Å²) in [6.45, 7) is 1.73. The zero-order valence-corrected chi connectivity index (χ0v) is 10.9. The number of aliphatic hydroxyl groups excluding tert-OH is 1. The van der Waals surface area contributed by atoms with Crippen LogP contribution < -0.4 is 4.74 Å². The van der Waals surface area contributed by atoms with Gasteiger partial charge in [-0.15, -0.1) is 0 Å². The van der Waals surface area contributed by atoms with Gasteiger partial charge in [0, 0.05) is 0 Å². The molecule has 0 bridgehead atoms. The fourth-order valence-corrected chi connectivity index (χ4v) is 2.47. The van der Waals surface area contributed by atoms with E-state index in [-0.39, 0.29) is 0 Å². The average molecular weight is 255 g/mol. The van der Waals surface area contributed by atoms with E-state index in [1.54, 1.807) is 13.0 Å². The summed E-state index contributed by atoms with van der Waals surface area (Å²) in [5.74, 6) is 0.739. The van der Waals surface area contributed by atoms with E-state index in [0.29, 0.717) is 11.1 Å². The van der Waals surface area contributed by atoms with Crippen molar-refractivity contribution in [3.8, 4) is 5.75 Å². The normalized spacial score (nSPS) is 19.0. The first-order valence-corrected chi connectivity index (χ1v) is 6.69. The third-order valence-electron chi connectivity index (χ3n) is 3.28. The third kappa shape index (κ3) is 3.36. The zero-order chi connectivity index (χ0) is 12.3. The van der Waals surface area contributed by atoms with Crippen molar-refractivity contribution in [2.45, 2.75) is 51.2 Å². The van der Waals surface area contributed by atoms with Crippen LogP contribution in [0.2, 0.25) is 5.02 Å². The molecule has 1 aliphatic rings. The maximum atomic E-state index is 9.46. The van der Waals surface area contributed by atoms with E-state index in [4.69, 9.17) is 16.3 Å². The van der Waals surface area contributed by atoms with Crippen LogP contribution in [0.25, 0.3) is 0 Å². The minimum absolute atomic E-state index is 0.304. The van der Waals surface area contributed by atoms with Crippen molar-refractivity contribution >= 4 is 11.6 Å². The van der Waals surface area contributed by atoms with E-state index in [9.17, 15) is 5.11 Å². The fourth-order valence-electron chi connectivity index (χ4n) is 2.24. The summed E-state index contributed by atoms with van der Waals surface area (Å²) in [7, 11) is 0. The summed E-state index contributed by atoms with van der Waals surface area (Å²) in [5.41, 5.74) is 0.825. The molecule has 17 heavy (non-hydrogen) atoms. The van der Waals surface area contributed by atoms with E-state index in [1.807, 2.05) is 12.1 Å². The molecule has 1 aromatic carbocycles. The van der Waals surface area contributed by atoms with Crippen LogP contribution in [0.15, 0.2) is 18.2 Å². The van der Waals surface area contributed by atoms with Crippen LogP contribution in [0.3, 0.4) is 0 Å². The highest BCUT2D eigenvalue weighted by molar-refractivity contribution is 6.32. The maximum Gasteiger partial charge on any atom is 0.138 e. The molecule has 0 amide bonds. The lowest BCUT2D eigenvalue weighted by Crippen LogP contribution is -2.19. The monoisotopic (exact) mass is 254 g/mol. The van der Waals surface area contributed by atoms with E-state index in [2.05, 4.69) is 0 Å². The van der Waals surface area contributed by atoms with Gasteiger partial charge in [0.25, 0.3) is 0 Å². The summed E-state index contributed by atoms with van der Waals surface area (Å²) in [4.78, 5) is 0. The Morgan fingerprint density at radius 2 is 2.00 bits per heavy atom. The van der Waals surface area contributed by atoms with Crippen LogP contribution in [0.5, 0.6) is 5.75 Å². The predicted octanol–water partition coefficient (Wildman–Crippen LogP) is 4.10. The van der Waals surface area contributed by atoms with Gasteiger partial charge in [-0.3, -0.25) is 0 Å². The van der Waals surface area contributed by atoms with Gasteiger partial charge in [-0.25, -0.2) is 0 Å². The van der Waals surface area contributed by atoms with Crippen LogP contribution in [0.1, 0.15) is 50.7 Å². The molecule has 1 atom stereocenters. The number of halogens is 1. The van der Waals surface area contributed by atoms with Crippen LogP contribution in [-0.2, 0) is 0 Å². The second-order valence-corrected chi connectivity index (χ2v) is 5.15. The van der Waals surface area contributed by atoms with Gasteiger partial charge in [0.15, 0.2) is 0 Å². The van der Waals surface area contributed by atoms with Gasteiger partial charge >= 0.3 is 0 Å². The van der Waals surface area contributed by atoms with Crippen molar-refractivity contribution in [3.63, 3.8) is 0 Å². The Balaban J connectivity index is 2.05. The first kappa shape index (κ1) is 12.7. The standard InChI is InChI=1S/C14H19ClO2/c1-10(16)11-7-8-14(13(15)9-11)17-12-5-3-2-4-6-12/h7-10,12,16H,2-6H2,1H3. The Labute approximate surface area is 108 Å². The van der Waals surface area contributed by atoms with Crippen molar-refractivity contribution in [2.75, 3.05) is 0 Å². The highest BCUT2D eigenvalue weighted by Crippen LogP contribution is 2.31. The number of aliphatic hydroxyl groups is 1. The number of hydrogen-bond donors (Lipinski definition) is 1. The molecule has 1 aromatic rings. The molecule has 0 radical (unpaired) electrons. The molecule has 1 fully saturated rings. The number of ether oxygens (including phenoxy) is 1. The maximum absolute atomic E-state index is 9.46. The van der Waals surface area contributed by atoms with Crippen molar-refractivity contribution in [1.82, 2.24) is 0 Å². The molecule has 1 saturated carbocycles. The van der Waals surface area contributed by atoms with E-state index in [1.165, 1.54) is 19.3 Å². The van der Waals surface area contributed by atoms with Crippen LogP contribution in [0, 0.1) is 0 Å². The van der Waals surface area contributed by atoms with Crippen molar-refractivity contribution in [3.05, 3.63) is 28.8 Å². The fraction of sp³-hybridized carbons (Fsp3) is 0.571. The summed E-state index contributed by atoms with van der Waals surface area (Å²) < 4.78 is 5.91. The molecule has 1 unspecified atom stereocenters. The highest BCUT2D eigenvalue weighted by atomic mass is 35.5. The van der Waals surface area contributed by atoms with Crippen molar-refractivity contribution in [1.29, 1.82) is 0 Å². The second kappa shape index (κ2) is 5.74. The Morgan fingerprint density at radius 3 is 2.59 bits per heavy atom. The summed E-state index contributed by atoms with van der Waals surface area (Å²) in [5, 5.41) is 10.1. The Morgan fingerprint density at radius 1 is 1.29 bits per heavy atom. The number of rotatable bonds is 3. The minimum Gasteiger partial charge on any atom is -0.489 e.